The molecule has 2 N–H and O–H groups in total. The Kier molecular flexibility index (Phi) is 3.56. The molecule has 0 fully saturated rings. The highest BCUT2D eigenvalue weighted by Crippen LogP contribution is 2.26. The number of rotatable bonds is 4. The Morgan fingerprint density at radius 3 is 2.75 bits per heavy atom. The van der Waals surface area contributed by atoms with Crippen LogP contribution < -0.4 is 5.32 Å². The molecule has 0 saturated carbocycles. The Balaban J connectivity index is 1.95. The van der Waals surface area contributed by atoms with Crippen LogP contribution in [0.4, 0.5) is 5.82 Å². The number of hydrogen-bond acceptors (Lipinski definition) is 5. The third-order valence-electron chi connectivity index (χ3n) is 3.14. The molecule has 20 heavy (non-hydrogen) atoms. The number of H-pyrrole nitrogens is 1. The van der Waals surface area contributed by atoms with Crippen molar-refractivity contribution < 1.29 is 0 Å². The topological polar surface area (TPSA) is 66.5 Å². The lowest BCUT2D eigenvalue weighted by atomic mass is 10.1. The molecule has 0 aliphatic carbocycles. The van der Waals surface area contributed by atoms with E-state index in [-0.39, 0.29) is 6.04 Å². The lowest BCUT2D eigenvalue weighted by Crippen LogP contribution is -2.09. The van der Waals surface area contributed by atoms with Gasteiger partial charge in [0, 0.05) is 18.6 Å². The Labute approximate surface area is 121 Å². The lowest BCUT2D eigenvalue weighted by molar-refractivity contribution is 0.860. The van der Waals surface area contributed by atoms with E-state index >= 15 is 0 Å². The van der Waals surface area contributed by atoms with Gasteiger partial charge in [-0.2, -0.15) is 0 Å². The van der Waals surface area contributed by atoms with Crippen LogP contribution in [0.3, 0.4) is 0 Å². The predicted molar refractivity (Wildman–Crippen MR) is 81.9 cm³/mol. The smallest absolute Gasteiger partial charge is 0.191 e. The number of hydrogen-bond donors (Lipinski definition) is 2. The molecule has 102 valence electrons. The molecule has 1 atom stereocenters. The number of pyridine rings is 1. The van der Waals surface area contributed by atoms with Crippen molar-refractivity contribution >= 4 is 28.6 Å². The average Bonchev–Trinajstić information content (AvgIpc) is 2.96. The van der Waals surface area contributed by atoms with E-state index in [0.29, 0.717) is 0 Å². The minimum atomic E-state index is 0.153. The number of nitrogens with zero attached hydrogens (tertiary/aromatic N) is 3. The van der Waals surface area contributed by atoms with E-state index in [4.69, 9.17) is 0 Å². The minimum absolute atomic E-state index is 0.153. The van der Waals surface area contributed by atoms with Crippen LogP contribution in [-0.4, -0.2) is 26.2 Å². The second-order valence-electron chi connectivity index (χ2n) is 4.45. The van der Waals surface area contributed by atoms with E-state index in [2.05, 4.69) is 32.2 Å². The van der Waals surface area contributed by atoms with Crippen LogP contribution in [0.15, 0.2) is 41.9 Å². The molecule has 3 aromatic heterocycles. The molecule has 1 unspecified atom stereocenters. The zero-order chi connectivity index (χ0) is 13.9. The van der Waals surface area contributed by atoms with Crippen molar-refractivity contribution in [2.45, 2.75) is 18.1 Å². The molecule has 0 aliphatic rings. The number of aromatic nitrogens is 4. The molecule has 0 aliphatic heterocycles. The highest BCUT2D eigenvalue weighted by molar-refractivity contribution is 7.98. The highest BCUT2D eigenvalue weighted by atomic mass is 32.2. The summed E-state index contributed by atoms with van der Waals surface area (Å²) >= 11 is 1.53. The van der Waals surface area contributed by atoms with Gasteiger partial charge >= 0.3 is 0 Å². The van der Waals surface area contributed by atoms with Crippen molar-refractivity contribution in [3.8, 4) is 0 Å². The summed E-state index contributed by atoms with van der Waals surface area (Å²) in [6.45, 7) is 2.11. The second-order valence-corrected chi connectivity index (χ2v) is 5.22. The molecule has 0 radical (unpaired) electrons. The van der Waals surface area contributed by atoms with Crippen molar-refractivity contribution in [3.63, 3.8) is 0 Å². The third-order valence-corrected chi connectivity index (χ3v) is 3.68. The second kappa shape index (κ2) is 5.50. The molecule has 5 nitrogen and oxygen atoms in total. The van der Waals surface area contributed by atoms with Gasteiger partial charge in [-0.3, -0.25) is 4.98 Å². The van der Waals surface area contributed by atoms with Crippen LogP contribution in [0.5, 0.6) is 0 Å². The van der Waals surface area contributed by atoms with Crippen LogP contribution in [-0.2, 0) is 0 Å². The van der Waals surface area contributed by atoms with Gasteiger partial charge in [-0.25, -0.2) is 9.97 Å². The standard InChI is InChI=1S/C14H15N5S/c1-9(10-3-6-15-7-4-10)17-13-11-5-8-16-12(11)18-14(19-13)20-2/h3-9H,1-2H3,(H2,16,17,18,19). The maximum atomic E-state index is 4.56. The van der Waals surface area contributed by atoms with Gasteiger partial charge in [-0.1, -0.05) is 11.8 Å². The molecule has 0 aromatic carbocycles. The monoisotopic (exact) mass is 285 g/mol. The first-order chi connectivity index (χ1) is 9.78. The Bertz CT molecular complexity index is 710. The van der Waals surface area contributed by atoms with E-state index < -0.39 is 0 Å². The molecule has 0 bridgehead atoms. The van der Waals surface area contributed by atoms with Gasteiger partial charge in [0.1, 0.15) is 11.5 Å². The number of aromatic amines is 1. The molecular weight excluding hydrogens is 270 g/mol. The van der Waals surface area contributed by atoms with Crippen molar-refractivity contribution in [1.82, 2.24) is 19.9 Å². The molecule has 3 rings (SSSR count). The largest absolute Gasteiger partial charge is 0.363 e. The van der Waals surface area contributed by atoms with Gasteiger partial charge in [0.15, 0.2) is 5.16 Å². The van der Waals surface area contributed by atoms with Crippen molar-refractivity contribution in [2.24, 2.45) is 0 Å². The molecule has 3 heterocycles. The fourth-order valence-electron chi connectivity index (χ4n) is 2.06. The average molecular weight is 285 g/mol. The minimum Gasteiger partial charge on any atom is -0.363 e. The van der Waals surface area contributed by atoms with Crippen LogP contribution in [0.2, 0.25) is 0 Å². The quantitative estimate of drug-likeness (QED) is 0.569. The van der Waals surface area contributed by atoms with Gasteiger partial charge in [-0.05, 0) is 36.9 Å². The zero-order valence-corrected chi connectivity index (χ0v) is 12.1. The SMILES string of the molecule is CSc1nc(NC(C)c2ccncc2)c2cc[nH]c2n1. The van der Waals surface area contributed by atoms with Crippen molar-refractivity contribution in [1.29, 1.82) is 0 Å². The summed E-state index contributed by atoms with van der Waals surface area (Å²) in [4.78, 5) is 16.2. The Morgan fingerprint density at radius 1 is 1.20 bits per heavy atom. The Hall–Kier alpha value is -2.08. The van der Waals surface area contributed by atoms with Crippen LogP contribution >= 0.6 is 11.8 Å². The van der Waals surface area contributed by atoms with Crippen LogP contribution in [0.1, 0.15) is 18.5 Å². The number of nitrogens with one attached hydrogen (secondary N) is 2. The van der Waals surface area contributed by atoms with Crippen molar-refractivity contribution in [2.75, 3.05) is 11.6 Å². The first kappa shape index (κ1) is 12.9. The van der Waals surface area contributed by atoms with E-state index in [0.717, 1.165) is 22.0 Å². The number of thioether (sulfide) groups is 1. The third kappa shape index (κ3) is 2.46. The summed E-state index contributed by atoms with van der Waals surface area (Å²) in [5, 5.41) is 5.21. The van der Waals surface area contributed by atoms with E-state index in [1.807, 2.05) is 30.7 Å². The van der Waals surface area contributed by atoms with E-state index in [1.165, 1.54) is 17.3 Å². The maximum absolute atomic E-state index is 4.56. The highest BCUT2D eigenvalue weighted by Gasteiger charge is 2.11. The summed E-state index contributed by atoms with van der Waals surface area (Å²) in [7, 11) is 0. The van der Waals surface area contributed by atoms with E-state index in [1.54, 1.807) is 12.4 Å². The van der Waals surface area contributed by atoms with Crippen molar-refractivity contribution in [3.05, 3.63) is 42.4 Å². The molecule has 3 aromatic rings. The fourth-order valence-corrected chi connectivity index (χ4v) is 2.43. The van der Waals surface area contributed by atoms with Gasteiger partial charge in [-0.15, -0.1) is 0 Å². The summed E-state index contributed by atoms with van der Waals surface area (Å²) in [5.41, 5.74) is 2.03. The Morgan fingerprint density at radius 2 is 2.00 bits per heavy atom. The summed E-state index contributed by atoms with van der Waals surface area (Å²) < 4.78 is 0. The number of anilines is 1. The van der Waals surface area contributed by atoms with E-state index in [9.17, 15) is 0 Å². The molecule has 0 amide bonds. The predicted octanol–water partition coefficient (Wildman–Crippen LogP) is 3.25. The van der Waals surface area contributed by atoms with Crippen LogP contribution in [0.25, 0.3) is 11.0 Å². The van der Waals surface area contributed by atoms with Crippen LogP contribution in [0, 0.1) is 0 Å². The molecule has 6 heteroatoms. The first-order valence-electron chi connectivity index (χ1n) is 6.33. The van der Waals surface area contributed by atoms with Gasteiger partial charge in [0.2, 0.25) is 0 Å². The summed E-state index contributed by atoms with van der Waals surface area (Å²) in [6.07, 6.45) is 7.45. The zero-order valence-electron chi connectivity index (χ0n) is 11.3. The normalized spacial score (nSPS) is 12.5. The molecule has 0 saturated heterocycles. The first-order valence-corrected chi connectivity index (χ1v) is 7.56. The maximum Gasteiger partial charge on any atom is 0.191 e. The van der Waals surface area contributed by atoms with Gasteiger partial charge < -0.3 is 10.3 Å². The lowest BCUT2D eigenvalue weighted by Gasteiger charge is -2.15. The molecular formula is C14H15N5S. The fraction of sp³-hybridized carbons (Fsp3) is 0.214. The van der Waals surface area contributed by atoms with Gasteiger partial charge in [0.05, 0.1) is 11.4 Å². The number of fused-ring (bicyclic) bond motifs is 1. The summed E-state index contributed by atoms with van der Waals surface area (Å²) in [6, 6.07) is 6.15. The van der Waals surface area contributed by atoms with Gasteiger partial charge in [0.25, 0.3) is 0 Å². The summed E-state index contributed by atoms with van der Waals surface area (Å²) in [5.74, 6) is 0.852. The molecule has 0 spiro atoms.